The van der Waals surface area contributed by atoms with Crippen molar-refractivity contribution >= 4 is 18.2 Å². The normalized spacial score (nSPS) is 16.1. The van der Waals surface area contributed by atoms with Gasteiger partial charge in [0.1, 0.15) is 6.29 Å². The van der Waals surface area contributed by atoms with Gasteiger partial charge in [-0.25, -0.2) is 0 Å². The molecule has 19 heavy (non-hydrogen) atoms. The van der Waals surface area contributed by atoms with Crippen LogP contribution >= 0.6 is 0 Å². The molecule has 0 aliphatic carbocycles. The number of amides is 1. The lowest BCUT2D eigenvalue weighted by atomic mass is 9.96. The van der Waals surface area contributed by atoms with E-state index in [0.29, 0.717) is 43.3 Å². The molecule has 0 atom stereocenters. The van der Waals surface area contributed by atoms with Gasteiger partial charge in [0, 0.05) is 24.2 Å². The van der Waals surface area contributed by atoms with Crippen molar-refractivity contribution in [3.05, 3.63) is 35.4 Å². The van der Waals surface area contributed by atoms with E-state index in [1.54, 1.807) is 29.2 Å². The van der Waals surface area contributed by atoms with Crippen molar-refractivity contribution in [2.45, 2.75) is 12.8 Å². The van der Waals surface area contributed by atoms with E-state index in [2.05, 4.69) is 0 Å². The van der Waals surface area contributed by atoms with E-state index in [0.717, 1.165) is 0 Å². The number of piperidine rings is 1. The Morgan fingerprint density at radius 1 is 1.26 bits per heavy atom. The highest BCUT2D eigenvalue weighted by Gasteiger charge is 2.27. The topological polar surface area (TPSA) is 74.7 Å². The van der Waals surface area contributed by atoms with Gasteiger partial charge >= 0.3 is 5.97 Å². The zero-order valence-corrected chi connectivity index (χ0v) is 10.4. The fraction of sp³-hybridized carbons (Fsp3) is 0.357. The molecule has 1 aromatic carbocycles. The van der Waals surface area contributed by atoms with Gasteiger partial charge in [-0.05, 0) is 25.0 Å². The predicted octanol–water partition coefficient (Wildman–Crippen LogP) is 1.44. The Morgan fingerprint density at radius 3 is 2.53 bits per heavy atom. The molecule has 1 aliphatic heterocycles. The number of likely N-dealkylation sites (tertiary alicyclic amines) is 1. The summed E-state index contributed by atoms with van der Waals surface area (Å²) in [7, 11) is 0. The standard InChI is InChI=1S/C14H15NO4/c16-9-10-2-1-3-12(8-10)13(17)15-6-4-11(5-7-15)14(18)19/h1-3,8-9,11H,4-7H2,(H,18,19). The predicted molar refractivity (Wildman–Crippen MR) is 68.1 cm³/mol. The minimum absolute atomic E-state index is 0.146. The smallest absolute Gasteiger partial charge is 0.306 e. The van der Waals surface area contributed by atoms with Crippen molar-refractivity contribution in [2.24, 2.45) is 5.92 Å². The molecule has 1 N–H and O–H groups in total. The van der Waals surface area contributed by atoms with E-state index in [-0.39, 0.29) is 11.8 Å². The van der Waals surface area contributed by atoms with Crippen molar-refractivity contribution < 1.29 is 19.5 Å². The first-order valence-electron chi connectivity index (χ1n) is 6.19. The second-order valence-corrected chi connectivity index (χ2v) is 4.65. The Hall–Kier alpha value is -2.17. The maximum atomic E-state index is 12.2. The Kier molecular flexibility index (Phi) is 3.94. The fourth-order valence-corrected chi connectivity index (χ4v) is 2.26. The molecule has 2 rings (SSSR count). The zero-order valence-electron chi connectivity index (χ0n) is 10.4. The summed E-state index contributed by atoms with van der Waals surface area (Å²) in [6, 6.07) is 6.53. The number of nitrogens with zero attached hydrogens (tertiary/aromatic N) is 1. The first kappa shape index (κ1) is 13.3. The van der Waals surface area contributed by atoms with Crippen LogP contribution in [0, 0.1) is 5.92 Å². The molecule has 100 valence electrons. The summed E-state index contributed by atoms with van der Waals surface area (Å²) >= 11 is 0. The number of rotatable bonds is 3. The Labute approximate surface area is 110 Å². The lowest BCUT2D eigenvalue weighted by Gasteiger charge is -2.30. The number of hydrogen-bond acceptors (Lipinski definition) is 3. The number of benzene rings is 1. The molecule has 0 unspecified atom stereocenters. The second kappa shape index (κ2) is 5.65. The van der Waals surface area contributed by atoms with Crippen molar-refractivity contribution in [1.82, 2.24) is 4.90 Å². The van der Waals surface area contributed by atoms with Crippen LogP contribution in [0.25, 0.3) is 0 Å². The van der Waals surface area contributed by atoms with Crippen molar-refractivity contribution in [3.63, 3.8) is 0 Å². The number of carboxylic acids is 1. The summed E-state index contributed by atoms with van der Waals surface area (Å²) in [5.74, 6) is -1.30. The van der Waals surface area contributed by atoms with Crippen LogP contribution in [0.2, 0.25) is 0 Å². The number of carbonyl (C=O) groups is 3. The molecule has 1 fully saturated rings. The molecule has 1 aromatic rings. The minimum Gasteiger partial charge on any atom is -0.481 e. The van der Waals surface area contributed by atoms with E-state index in [1.165, 1.54) is 0 Å². The van der Waals surface area contributed by atoms with E-state index in [1.807, 2.05) is 0 Å². The summed E-state index contributed by atoms with van der Waals surface area (Å²) in [5, 5.41) is 8.91. The number of hydrogen-bond donors (Lipinski definition) is 1. The van der Waals surface area contributed by atoms with Gasteiger partial charge in [0.2, 0.25) is 0 Å². The molecular formula is C14H15NO4. The highest BCUT2D eigenvalue weighted by Crippen LogP contribution is 2.19. The van der Waals surface area contributed by atoms with Gasteiger partial charge in [-0.1, -0.05) is 12.1 Å². The van der Waals surface area contributed by atoms with Gasteiger partial charge in [-0.15, -0.1) is 0 Å². The van der Waals surface area contributed by atoms with Crippen LogP contribution in [0.15, 0.2) is 24.3 Å². The Morgan fingerprint density at radius 2 is 1.95 bits per heavy atom. The molecule has 1 amide bonds. The van der Waals surface area contributed by atoms with E-state index < -0.39 is 5.97 Å². The van der Waals surface area contributed by atoms with Crippen molar-refractivity contribution in [2.75, 3.05) is 13.1 Å². The largest absolute Gasteiger partial charge is 0.481 e. The SMILES string of the molecule is O=Cc1cccc(C(=O)N2CCC(C(=O)O)CC2)c1. The first-order chi connectivity index (χ1) is 9.11. The summed E-state index contributed by atoms with van der Waals surface area (Å²) < 4.78 is 0. The fourth-order valence-electron chi connectivity index (χ4n) is 2.26. The molecule has 1 aliphatic rings. The summed E-state index contributed by atoms with van der Waals surface area (Å²) in [6.07, 6.45) is 1.66. The van der Waals surface area contributed by atoms with Gasteiger partial charge in [-0.3, -0.25) is 14.4 Å². The van der Waals surface area contributed by atoms with Crippen LogP contribution in [-0.2, 0) is 4.79 Å². The molecular weight excluding hydrogens is 246 g/mol. The molecule has 1 saturated heterocycles. The van der Waals surface area contributed by atoms with Crippen LogP contribution in [0.5, 0.6) is 0 Å². The lowest BCUT2D eigenvalue weighted by Crippen LogP contribution is -2.40. The monoisotopic (exact) mass is 261 g/mol. The van der Waals surface area contributed by atoms with Crippen LogP contribution in [0.4, 0.5) is 0 Å². The number of aliphatic carboxylic acids is 1. The van der Waals surface area contributed by atoms with Gasteiger partial charge in [0.05, 0.1) is 5.92 Å². The van der Waals surface area contributed by atoms with E-state index >= 15 is 0 Å². The van der Waals surface area contributed by atoms with Gasteiger partial charge in [0.25, 0.3) is 5.91 Å². The third-order valence-corrected chi connectivity index (χ3v) is 3.40. The third-order valence-electron chi connectivity index (χ3n) is 3.40. The van der Waals surface area contributed by atoms with Gasteiger partial charge in [0.15, 0.2) is 0 Å². The first-order valence-corrected chi connectivity index (χ1v) is 6.19. The average molecular weight is 261 g/mol. The van der Waals surface area contributed by atoms with E-state index in [4.69, 9.17) is 5.11 Å². The van der Waals surface area contributed by atoms with Crippen molar-refractivity contribution in [3.8, 4) is 0 Å². The number of carboxylic acid groups (broad SMARTS) is 1. The number of aldehydes is 1. The summed E-state index contributed by atoms with van der Waals surface area (Å²) in [5.41, 5.74) is 0.935. The molecule has 0 bridgehead atoms. The average Bonchev–Trinajstić information content (AvgIpc) is 2.46. The summed E-state index contributed by atoms with van der Waals surface area (Å²) in [6.45, 7) is 0.891. The maximum Gasteiger partial charge on any atom is 0.306 e. The quantitative estimate of drug-likeness (QED) is 0.835. The Bertz CT molecular complexity index is 504. The molecule has 0 aromatic heterocycles. The molecule has 0 saturated carbocycles. The lowest BCUT2D eigenvalue weighted by molar-refractivity contribution is -0.143. The molecule has 5 heteroatoms. The number of carbonyl (C=O) groups excluding carboxylic acids is 2. The van der Waals surface area contributed by atoms with E-state index in [9.17, 15) is 14.4 Å². The van der Waals surface area contributed by atoms with Gasteiger partial charge in [-0.2, -0.15) is 0 Å². The van der Waals surface area contributed by atoms with Crippen LogP contribution in [0.3, 0.4) is 0 Å². The molecule has 5 nitrogen and oxygen atoms in total. The van der Waals surface area contributed by atoms with Crippen molar-refractivity contribution in [1.29, 1.82) is 0 Å². The molecule has 0 spiro atoms. The third kappa shape index (κ3) is 2.99. The zero-order chi connectivity index (χ0) is 13.8. The Balaban J connectivity index is 2.04. The minimum atomic E-state index is -0.796. The highest BCUT2D eigenvalue weighted by atomic mass is 16.4. The second-order valence-electron chi connectivity index (χ2n) is 4.65. The van der Waals surface area contributed by atoms with Crippen LogP contribution < -0.4 is 0 Å². The van der Waals surface area contributed by atoms with Crippen LogP contribution in [0.1, 0.15) is 33.6 Å². The molecule has 1 heterocycles. The molecule has 0 radical (unpaired) electrons. The summed E-state index contributed by atoms with van der Waals surface area (Å²) in [4.78, 5) is 35.4. The highest BCUT2D eigenvalue weighted by molar-refractivity contribution is 5.95. The van der Waals surface area contributed by atoms with Gasteiger partial charge < -0.3 is 10.0 Å². The van der Waals surface area contributed by atoms with Crippen LogP contribution in [-0.4, -0.2) is 41.3 Å². The maximum absolute atomic E-state index is 12.2.